The summed E-state index contributed by atoms with van der Waals surface area (Å²) in [5, 5.41) is 14.3. The number of amides is 2. The number of nitrogens with one attached hydrogen (secondary N) is 2. The maximum Gasteiger partial charge on any atom is 0.407 e. The van der Waals surface area contributed by atoms with Crippen molar-refractivity contribution in [2.75, 3.05) is 0 Å². The highest BCUT2D eigenvalue weighted by atomic mass is 16.5. The van der Waals surface area contributed by atoms with Gasteiger partial charge in [-0.1, -0.05) is 42.5 Å². The highest BCUT2D eigenvalue weighted by molar-refractivity contribution is 5.68. The molecule has 0 radical (unpaired) electrons. The molecule has 1 saturated carbocycles. The highest BCUT2D eigenvalue weighted by Gasteiger charge is 2.32. The van der Waals surface area contributed by atoms with Crippen LogP contribution in [0.5, 0.6) is 0 Å². The Balaban J connectivity index is 1.86. The monoisotopic (exact) mass is 332 g/mol. The van der Waals surface area contributed by atoms with Crippen LogP contribution in [0.2, 0.25) is 0 Å². The molecule has 0 aliphatic heterocycles. The smallest absolute Gasteiger partial charge is 0.407 e. The molecular weight excluding hydrogens is 308 g/mol. The molecule has 3 N–H and O–H groups in total. The standard InChI is InChI=1S/C18H24N2O4/c1-12(2)15-10-14(19-17(21)22)8-9-16(15)20-18(23)24-11-13-6-4-3-5-7-13/h3-7,14-16,19H,1,8-11H2,2H3,(H,20,23)(H,21,22)/t14-,15+,16+/m1/s1. The van der Waals surface area contributed by atoms with Crippen LogP contribution in [0.25, 0.3) is 0 Å². The van der Waals surface area contributed by atoms with Crippen LogP contribution in [0, 0.1) is 5.92 Å². The summed E-state index contributed by atoms with van der Waals surface area (Å²) in [6, 6.07) is 9.29. The summed E-state index contributed by atoms with van der Waals surface area (Å²) in [6.07, 6.45) is 0.516. The van der Waals surface area contributed by atoms with Crippen molar-refractivity contribution in [3.63, 3.8) is 0 Å². The van der Waals surface area contributed by atoms with Gasteiger partial charge in [0.05, 0.1) is 0 Å². The van der Waals surface area contributed by atoms with Crippen LogP contribution in [0.3, 0.4) is 0 Å². The van der Waals surface area contributed by atoms with Crippen molar-refractivity contribution >= 4 is 12.2 Å². The van der Waals surface area contributed by atoms with Gasteiger partial charge in [0.25, 0.3) is 0 Å². The van der Waals surface area contributed by atoms with Crippen LogP contribution < -0.4 is 10.6 Å². The van der Waals surface area contributed by atoms with Crippen LogP contribution in [-0.2, 0) is 11.3 Å². The zero-order valence-corrected chi connectivity index (χ0v) is 13.8. The predicted octanol–water partition coefficient (Wildman–Crippen LogP) is 3.29. The molecule has 0 heterocycles. The summed E-state index contributed by atoms with van der Waals surface area (Å²) in [5.41, 5.74) is 1.86. The minimum atomic E-state index is -1.02. The average molecular weight is 332 g/mol. The molecule has 0 spiro atoms. The van der Waals surface area contributed by atoms with E-state index in [1.54, 1.807) is 0 Å². The highest BCUT2D eigenvalue weighted by Crippen LogP contribution is 2.29. The zero-order valence-electron chi connectivity index (χ0n) is 13.8. The molecule has 0 saturated heterocycles. The second-order valence-electron chi connectivity index (χ2n) is 6.22. The van der Waals surface area contributed by atoms with Crippen LogP contribution in [-0.4, -0.2) is 29.4 Å². The molecule has 2 amide bonds. The van der Waals surface area contributed by atoms with Crippen molar-refractivity contribution in [1.82, 2.24) is 10.6 Å². The summed E-state index contributed by atoms with van der Waals surface area (Å²) in [4.78, 5) is 22.8. The Bertz CT molecular complexity index is 588. The van der Waals surface area contributed by atoms with E-state index in [9.17, 15) is 9.59 Å². The number of benzene rings is 1. The fraction of sp³-hybridized carbons (Fsp3) is 0.444. The van der Waals surface area contributed by atoms with Gasteiger partial charge in [-0.3, -0.25) is 0 Å². The molecule has 24 heavy (non-hydrogen) atoms. The number of hydrogen-bond donors (Lipinski definition) is 3. The van der Waals surface area contributed by atoms with E-state index in [2.05, 4.69) is 17.2 Å². The lowest BCUT2D eigenvalue weighted by Gasteiger charge is -2.36. The van der Waals surface area contributed by atoms with E-state index in [0.717, 1.165) is 11.1 Å². The van der Waals surface area contributed by atoms with E-state index in [0.29, 0.717) is 19.3 Å². The van der Waals surface area contributed by atoms with E-state index in [4.69, 9.17) is 9.84 Å². The van der Waals surface area contributed by atoms with Crippen molar-refractivity contribution in [1.29, 1.82) is 0 Å². The normalized spacial score (nSPS) is 23.1. The molecule has 0 unspecified atom stereocenters. The molecule has 2 rings (SSSR count). The summed E-state index contributed by atoms with van der Waals surface area (Å²) >= 11 is 0. The van der Waals surface area contributed by atoms with Crippen molar-refractivity contribution < 1.29 is 19.4 Å². The Morgan fingerprint density at radius 3 is 2.58 bits per heavy atom. The molecule has 130 valence electrons. The fourth-order valence-electron chi connectivity index (χ4n) is 3.11. The van der Waals surface area contributed by atoms with Crippen molar-refractivity contribution in [3.05, 3.63) is 48.0 Å². The number of alkyl carbamates (subject to hydrolysis) is 1. The van der Waals surface area contributed by atoms with Crippen molar-refractivity contribution in [3.8, 4) is 0 Å². The van der Waals surface area contributed by atoms with Gasteiger partial charge < -0.3 is 20.5 Å². The van der Waals surface area contributed by atoms with E-state index in [-0.39, 0.29) is 24.6 Å². The third-order valence-electron chi connectivity index (χ3n) is 4.33. The molecule has 1 aromatic carbocycles. The van der Waals surface area contributed by atoms with E-state index < -0.39 is 12.2 Å². The van der Waals surface area contributed by atoms with Gasteiger partial charge in [-0.25, -0.2) is 9.59 Å². The topological polar surface area (TPSA) is 87.7 Å². The first-order chi connectivity index (χ1) is 11.5. The van der Waals surface area contributed by atoms with Gasteiger partial charge in [-0.15, -0.1) is 0 Å². The Morgan fingerprint density at radius 2 is 1.96 bits per heavy atom. The van der Waals surface area contributed by atoms with Gasteiger partial charge in [-0.05, 0) is 31.7 Å². The Hall–Kier alpha value is -2.50. The SMILES string of the molecule is C=C(C)[C@@H]1C[C@H](NC(=O)O)CC[C@@H]1NC(=O)OCc1ccccc1. The minimum absolute atomic E-state index is 0.0277. The first kappa shape index (κ1) is 17.8. The Kier molecular flexibility index (Phi) is 6.23. The first-order valence-electron chi connectivity index (χ1n) is 8.07. The molecule has 1 aliphatic carbocycles. The number of rotatable bonds is 5. The first-order valence-corrected chi connectivity index (χ1v) is 8.07. The summed E-state index contributed by atoms with van der Waals surface area (Å²) in [5.74, 6) is 0.0277. The molecular formula is C18H24N2O4. The van der Waals surface area contributed by atoms with E-state index in [1.807, 2.05) is 37.3 Å². The fourth-order valence-corrected chi connectivity index (χ4v) is 3.11. The summed E-state index contributed by atoms with van der Waals surface area (Å²) < 4.78 is 5.26. The molecule has 1 aromatic rings. The van der Waals surface area contributed by atoms with Crippen molar-refractivity contribution in [2.24, 2.45) is 5.92 Å². The van der Waals surface area contributed by atoms with Gasteiger partial charge in [0, 0.05) is 18.0 Å². The zero-order chi connectivity index (χ0) is 17.5. The largest absolute Gasteiger partial charge is 0.465 e. The minimum Gasteiger partial charge on any atom is -0.465 e. The molecule has 3 atom stereocenters. The number of carboxylic acid groups (broad SMARTS) is 1. The van der Waals surface area contributed by atoms with Gasteiger partial charge in [-0.2, -0.15) is 0 Å². The summed E-state index contributed by atoms with van der Waals surface area (Å²) in [7, 11) is 0. The molecule has 1 fully saturated rings. The average Bonchev–Trinajstić information content (AvgIpc) is 2.54. The second kappa shape index (κ2) is 8.38. The Labute approximate surface area is 141 Å². The number of ether oxygens (including phenoxy) is 1. The molecule has 0 aromatic heterocycles. The second-order valence-corrected chi connectivity index (χ2v) is 6.22. The van der Waals surface area contributed by atoms with Gasteiger partial charge >= 0.3 is 12.2 Å². The lowest BCUT2D eigenvalue weighted by Crippen LogP contribution is -2.49. The predicted molar refractivity (Wildman–Crippen MR) is 90.7 cm³/mol. The number of carbonyl (C=O) groups is 2. The molecule has 1 aliphatic rings. The molecule has 6 heteroatoms. The number of carbonyl (C=O) groups excluding carboxylic acids is 1. The third-order valence-corrected chi connectivity index (χ3v) is 4.33. The van der Waals surface area contributed by atoms with Crippen LogP contribution in [0.4, 0.5) is 9.59 Å². The maximum absolute atomic E-state index is 12.0. The Morgan fingerprint density at radius 1 is 1.25 bits per heavy atom. The maximum atomic E-state index is 12.0. The molecule has 6 nitrogen and oxygen atoms in total. The van der Waals surface area contributed by atoms with Gasteiger partial charge in [0.15, 0.2) is 0 Å². The van der Waals surface area contributed by atoms with Crippen LogP contribution in [0.15, 0.2) is 42.5 Å². The van der Waals surface area contributed by atoms with Crippen LogP contribution in [0.1, 0.15) is 31.7 Å². The molecule has 0 bridgehead atoms. The van der Waals surface area contributed by atoms with E-state index in [1.165, 1.54) is 0 Å². The van der Waals surface area contributed by atoms with Gasteiger partial charge in [0.2, 0.25) is 0 Å². The van der Waals surface area contributed by atoms with Gasteiger partial charge in [0.1, 0.15) is 6.61 Å². The third kappa shape index (κ3) is 5.30. The lowest BCUT2D eigenvalue weighted by molar-refractivity contribution is 0.126. The lowest BCUT2D eigenvalue weighted by atomic mass is 9.78. The number of hydrogen-bond acceptors (Lipinski definition) is 3. The summed E-state index contributed by atoms with van der Waals surface area (Å²) in [6.45, 7) is 6.10. The van der Waals surface area contributed by atoms with Crippen molar-refractivity contribution in [2.45, 2.75) is 44.9 Å². The van der Waals surface area contributed by atoms with E-state index >= 15 is 0 Å². The van der Waals surface area contributed by atoms with Crippen LogP contribution >= 0.6 is 0 Å². The quantitative estimate of drug-likeness (QED) is 0.722.